The minimum Gasteiger partial charge on any atom is -0.350 e. The standard InChI is InChI=1S/C19H25N3OS/c1-14-12-24-18(21-14)16-8-6-7-15(11-16)17(23)20-13-19(2,3)22-9-4-5-10-22/h6-8,11-12H,4-5,9-10,13H2,1-3H3,(H,20,23). The molecule has 1 amide bonds. The summed E-state index contributed by atoms with van der Waals surface area (Å²) in [6.45, 7) is 9.30. The van der Waals surface area contributed by atoms with Crippen LogP contribution in [-0.2, 0) is 0 Å². The lowest BCUT2D eigenvalue weighted by molar-refractivity contribution is 0.0902. The van der Waals surface area contributed by atoms with E-state index in [9.17, 15) is 4.79 Å². The molecule has 2 heterocycles. The van der Waals surface area contributed by atoms with E-state index in [4.69, 9.17) is 0 Å². The van der Waals surface area contributed by atoms with Gasteiger partial charge >= 0.3 is 0 Å². The molecule has 1 N–H and O–H groups in total. The molecule has 0 radical (unpaired) electrons. The van der Waals surface area contributed by atoms with Crippen molar-refractivity contribution in [2.45, 2.75) is 39.2 Å². The molecule has 4 nitrogen and oxygen atoms in total. The maximum atomic E-state index is 12.5. The van der Waals surface area contributed by atoms with Crippen LogP contribution in [0, 0.1) is 6.92 Å². The van der Waals surface area contributed by atoms with Gasteiger partial charge in [-0.1, -0.05) is 12.1 Å². The zero-order chi connectivity index (χ0) is 17.2. The first-order valence-corrected chi connectivity index (χ1v) is 9.39. The summed E-state index contributed by atoms with van der Waals surface area (Å²) in [6, 6.07) is 7.72. The fourth-order valence-electron chi connectivity index (χ4n) is 3.11. The van der Waals surface area contributed by atoms with Crippen molar-refractivity contribution in [1.82, 2.24) is 15.2 Å². The Labute approximate surface area is 147 Å². The van der Waals surface area contributed by atoms with Crippen molar-refractivity contribution < 1.29 is 4.79 Å². The van der Waals surface area contributed by atoms with Gasteiger partial charge in [0.25, 0.3) is 5.91 Å². The fourth-order valence-corrected chi connectivity index (χ4v) is 3.91. The average Bonchev–Trinajstić information content (AvgIpc) is 3.24. The largest absolute Gasteiger partial charge is 0.350 e. The molecule has 128 valence electrons. The molecule has 1 aliphatic rings. The first-order valence-electron chi connectivity index (χ1n) is 8.51. The maximum Gasteiger partial charge on any atom is 0.251 e. The predicted molar refractivity (Wildman–Crippen MR) is 99.5 cm³/mol. The van der Waals surface area contributed by atoms with E-state index in [1.165, 1.54) is 12.8 Å². The molecule has 0 atom stereocenters. The molecule has 1 aromatic heterocycles. The number of likely N-dealkylation sites (tertiary alicyclic amines) is 1. The SMILES string of the molecule is Cc1csc(-c2cccc(C(=O)NCC(C)(C)N3CCCC3)c2)n1. The van der Waals surface area contributed by atoms with E-state index >= 15 is 0 Å². The smallest absolute Gasteiger partial charge is 0.251 e. The summed E-state index contributed by atoms with van der Waals surface area (Å²) in [6.07, 6.45) is 2.51. The Kier molecular flexibility index (Phi) is 5.01. The minimum atomic E-state index is -0.0163. The molecule has 1 aliphatic heterocycles. The molecular weight excluding hydrogens is 318 g/mol. The summed E-state index contributed by atoms with van der Waals surface area (Å²) < 4.78 is 0. The van der Waals surface area contributed by atoms with Gasteiger partial charge in [-0.2, -0.15) is 0 Å². The minimum absolute atomic E-state index is 0.00378. The van der Waals surface area contributed by atoms with Crippen molar-refractivity contribution in [3.63, 3.8) is 0 Å². The molecule has 0 unspecified atom stereocenters. The van der Waals surface area contributed by atoms with Gasteiger partial charge in [0.2, 0.25) is 0 Å². The van der Waals surface area contributed by atoms with Crippen LogP contribution in [0.4, 0.5) is 0 Å². The van der Waals surface area contributed by atoms with Gasteiger partial charge < -0.3 is 5.32 Å². The van der Waals surface area contributed by atoms with Gasteiger partial charge in [0, 0.05) is 34.3 Å². The molecule has 0 saturated carbocycles. The maximum absolute atomic E-state index is 12.5. The number of nitrogens with one attached hydrogen (secondary N) is 1. The highest BCUT2D eigenvalue weighted by atomic mass is 32.1. The lowest BCUT2D eigenvalue weighted by atomic mass is 10.0. The van der Waals surface area contributed by atoms with Crippen molar-refractivity contribution in [3.05, 3.63) is 40.9 Å². The van der Waals surface area contributed by atoms with Crippen LogP contribution < -0.4 is 5.32 Å². The van der Waals surface area contributed by atoms with Gasteiger partial charge in [0.15, 0.2) is 0 Å². The monoisotopic (exact) mass is 343 g/mol. The van der Waals surface area contributed by atoms with Crippen LogP contribution in [0.5, 0.6) is 0 Å². The number of aryl methyl sites for hydroxylation is 1. The van der Waals surface area contributed by atoms with E-state index in [-0.39, 0.29) is 11.4 Å². The Morgan fingerprint density at radius 3 is 2.75 bits per heavy atom. The third-order valence-corrected chi connectivity index (χ3v) is 5.64. The van der Waals surface area contributed by atoms with E-state index in [0.717, 1.165) is 29.4 Å². The Morgan fingerprint density at radius 2 is 2.08 bits per heavy atom. The second-order valence-electron chi connectivity index (χ2n) is 7.06. The molecule has 2 aromatic rings. The number of nitrogens with zero attached hydrogens (tertiary/aromatic N) is 2. The number of amides is 1. The Balaban J connectivity index is 1.67. The second-order valence-corrected chi connectivity index (χ2v) is 7.92. The predicted octanol–water partition coefficient (Wildman–Crippen LogP) is 3.72. The number of hydrogen-bond acceptors (Lipinski definition) is 4. The van der Waals surface area contributed by atoms with Gasteiger partial charge in [-0.3, -0.25) is 9.69 Å². The molecule has 24 heavy (non-hydrogen) atoms. The fraction of sp³-hybridized carbons (Fsp3) is 0.474. The average molecular weight is 343 g/mol. The Morgan fingerprint density at radius 1 is 1.33 bits per heavy atom. The molecule has 1 aromatic carbocycles. The van der Waals surface area contributed by atoms with Gasteiger partial charge in [-0.25, -0.2) is 4.98 Å². The molecule has 5 heteroatoms. The zero-order valence-corrected chi connectivity index (χ0v) is 15.4. The highest BCUT2D eigenvalue weighted by molar-refractivity contribution is 7.13. The molecular formula is C19H25N3OS. The van der Waals surface area contributed by atoms with Crippen LogP contribution in [0.15, 0.2) is 29.6 Å². The third kappa shape index (κ3) is 3.84. The number of thiazole rings is 1. The van der Waals surface area contributed by atoms with Gasteiger partial charge in [0.1, 0.15) is 5.01 Å². The van der Waals surface area contributed by atoms with Crippen molar-refractivity contribution >= 4 is 17.2 Å². The summed E-state index contributed by atoms with van der Waals surface area (Å²) in [5.74, 6) is -0.0163. The molecule has 3 rings (SSSR count). The first kappa shape index (κ1) is 17.1. The summed E-state index contributed by atoms with van der Waals surface area (Å²) >= 11 is 1.61. The van der Waals surface area contributed by atoms with Crippen LogP contribution in [-0.4, -0.2) is 41.0 Å². The quantitative estimate of drug-likeness (QED) is 0.900. The Bertz CT molecular complexity index is 717. The van der Waals surface area contributed by atoms with E-state index in [2.05, 4.69) is 29.0 Å². The van der Waals surface area contributed by atoms with Crippen LogP contribution >= 0.6 is 11.3 Å². The number of aromatic nitrogens is 1. The van der Waals surface area contributed by atoms with Crippen LogP contribution in [0.3, 0.4) is 0 Å². The number of rotatable bonds is 5. The summed E-state index contributed by atoms with van der Waals surface area (Å²) in [5, 5.41) is 6.09. The van der Waals surface area contributed by atoms with E-state index < -0.39 is 0 Å². The molecule has 0 spiro atoms. The number of benzene rings is 1. The second kappa shape index (κ2) is 7.03. The number of hydrogen-bond donors (Lipinski definition) is 1. The summed E-state index contributed by atoms with van der Waals surface area (Å²) in [4.78, 5) is 19.5. The normalized spacial score (nSPS) is 15.6. The molecule has 1 fully saturated rings. The number of carbonyl (C=O) groups is 1. The van der Waals surface area contributed by atoms with Gasteiger partial charge in [0.05, 0.1) is 0 Å². The van der Waals surface area contributed by atoms with Crippen LogP contribution in [0.25, 0.3) is 10.6 Å². The highest BCUT2D eigenvalue weighted by Crippen LogP contribution is 2.24. The van der Waals surface area contributed by atoms with Crippen molar-refractivity contribution in [2.75, 3.05) is 19.6 Å². The zero-order valence-electron chi connectivity index (χ0n) is 14.6. The highest BCUT2D eigenvalue weighted by Gasteiger charge is 2.29. The van der Waals surface area contributed by atoms with Crippen molar-refractivity contribution in [2.24, 2.45) is 0 Å². The van der Waals surface area contributed by atoms with Gasteiger partial charge in [-0.05, 0) is 58.8 Å². The third-order valence-electron chi connectivity index (χ3n) is 4.63. The van der Waals surface area contributed by atoms with E-state index in [1.54, 1.807) is 11.3 Å². The molecule has 0 aliphatic carbocycles. The van der Waals surface area contributed by atoms with E-state index in [0.29, 0.717) is 12.1 Å². The van der Waals surface area contributed by atoms with Crippen LogP contribution in [0.1, 0.15) is 42.7 Å². The van der Waals surface area contributed by atoms with Crippen LogP contribution in [0.2, 0.25) is 0 Å². The van der Waals surface area contributed by atoms with Crippen molar-refractivity contribution in [1.29, 1.82) is 0 Å². The molecule has 1 saturated heterocycles. The van der Waals surface area contributed by atoms with Gasteiger partial charge in [-0.15, -0.1) is 11.3 Å². The molecule has 0 bridgehead atoms. The topological polar surface area (TPSA) is 45.2 Å². The summed E-state index contributed by atoms with van der Waals surface area (Å²) in [7, 11) is 0. The first-order chi connectivity index (χ1) is 11.5. The number of carbonyl (C=O) groups excluding carboxylic acids is 1. The van der Waals surface area contributed by atoms with E-state index in [1.807, 2.05) is 36.6 Å². The lowest BCUT2D eigenvalue weighted by Crippen LogP contribution is -2.50. The Hall–Kier alpha value is -1.72. The van der Waals surface area contributed by atoms with Crippen molar-refractivity contribution in [3.8, 4) is 10.6 Å². The summed E-state index contributed by atoms with van der Waals surface area (Å²) in [5.41, 5.74) is 2.70. The lowest BCUT2D eigenvalue weighted by Gasteiger charge is -2.35.